The van der Waals surface area contributed by atoms with Crippen molar-refractivity contribution in [3.63, 3.8) is 0 Å². The third kappa shape index (κ3) is 2.50. The molecule has 0 aliphatic rings. The maximum absolute atomic E-state index is 11.9. The van der Waals surface area contributed by atoms with E-state index in [-0.39, 0.29) is 11.1 Å². The molecule has 0 unspecified atom stereocenters. The molecule has 1 aromatic heterocycles. The predicted molar refractivity (Wildman–Crippen MR) is 73.0 cm³/mol. The maximum atomic E-state index is 11.9. The molecule has 0 aliphatic heterocycles. The highest BCUT2D eigenvalue weighted by atomic mass is 16.5. The molecule has 0 saturated carbocycles. The fourth-order valence-corrected chi connectivity index (χ4v) is 1.92. The Morgan fingerprint density at radius 1 is 1.32 bits per heavy atom. The third-order valence-electron chi connectivity index (χ3n) is 2.87. The number of hydrogen-bond acceptors (Lipinski definition) is 3. The highest BCUT2D eigenvalue weighted by Gasteiger charge is 2.07. The lowest BCUT2D eigenvalue weighted by Gasteiger charge is -2.10. The summed E-state index contributed by atoms with van der Waals surface area (Å²) < 4.78 is 6.92. The van der Waals surface area contributed by atoms with Crippen LogP contribution in [0.2, 0.25) is 0 Å². The molecule has 0 spiro atoms. The molecule has 0 fully saturated rings. The van der Waals surface area contributed by atoms with E-state index in [1.165, 1.54) is 4.57 Å². The van der Waals surface area contributed by atoms with Crippen molar-refractivity contribution < 1.29 is 4.74 Å². The monoisotopic (exact) mass is 254 g/mol. The van der Waals surface area contributed by atoms with Gasteiger partial charge in [0.2, 0.25) is 0 Å². The first-order valence-electron chi connectivity index (χ1n) is 6.00. The van der Waals surface area contributed by atoms with Crippen molar-refractivity contribution in [1.82, 2.24) is 4.57 Å². The Bertz CT molecular complexity index is 696. The summed E-state index contributed by atoms with van der Waals surface area (Å²) in [5.41, 5.74) is 1.50. The van der Waals surface area contributed by atoms with Crippen LogP contribution in [0.5, 0.6) is 5.75 Å². The zero-order valence-electron chi connectivity index (χ0n) is 10.9. The van der Waals surface area contributed by atoms with E-state index in [0.717, 1.165) is 17.0 Å². The molecule has 0 amide bonds. The molecule has 1 heterocycles. The Morgan fingerprint density at radius 2 is 2.11 bits per heavy atom. The van der Waals surface area contributed by atoms with Crippen molar-refractivity contribution in [2.45, 2.75) is 6.92 Å². The lowest BCUT2D eigenvalue weighted by atomic mass is 10.1. The molecule has 0 N–H and O–H groups in total. The first kappa shape index (κ1) is 12.9. The van der Waals surface area contributed by atoms with E-state index in [2.05, 4.69) is 0 Å². The van der Waals surface area contributed by atoms with Crippen molar-refractivity contribution in [2.24, 2.45) is 7.05 Å². The Labute approximate surface area is 111 Å². The number of ether oxygens (including phenoxy) is 1. The summed E-state index contributed by atoms with van der Waals surface area (Å²) in [5, 5.41) is 8.84. The molecule has 4 nitrogen and oxygen atoms in total. The number of nitriles is 1. The molecular weight excluding hydrogens is 240 g/mol. The minimum atomic E-state index is -0.290. The second kappa shape index (κ2) is 5.40. The van der Waals surface area contributed by atoms with E-state index in [9.17, 15) is 4.79 Å². The van der Waals surface area contributed by atoms with Gasteiger partial charge in [0.1, 0.15) is 17.4 Å². The average Bonchev–Trinajstić information content (AvgIpc) is 2.42. The Kier molecular flexibility index (Phi) is 3.67. The molecule has 0 atom stereocenters. The van der Waals surface area contributed by atoms with Crippen molar-refractivity contribution in [3.8, 4) is 23.1 Å². The zero-order valence-corrected chi connectivity index (χ0v) is 10.9. The van der Waals surface area contributed by atoms with Crippen LogP contribution in [-0.2, 0) is 7.05 Å². The van der Waals surface area contributed by atoms with Gasteiger partial charge in [-0.25, -0.2) is 0 Å². The van der Waals surface area contributed by atoms with Crippen LogP contribution < -0.4 is 10.3 Å². The molecule has 1 aromatic carbocycles. The van der Waals surface area contributed by atoms with Gasteiger partial charge in [0.25, 0.3) is 5.56 Å². The van der Waals surface area contributed by atoms with Crippen LogP contribution in [-0.4, -0.2) is 11.2 Å². The third-order valence-corrected chi connectivity index (χ3v) is 2.87. The molecule has 4 heteroatoms. The standard InChI is InChI=1S/C15H14N2O2/c1-3-19-13-6-4-5-11(9-13)14-8-7-12(10-16)15(18)17(14)2/h4-9H,3H2,1-2H3. The van der Waals surface area contributed by atoms with Crippen LogP contribution in [0.25, 0.3) is 11.3 Å². The van der Waals surface area contributed by atoms with Gasteiger partial charge in [-0.05, 0) is 31.2 Å². The minimum Gasteiger partial charge on any atom is -0.494 e. The highest BCUT2D eigenvalue weighted by Crippen LogP contribution is 2.22. The molecule has 0 aliphatic carbocycles. The SMILES string of the molecule is CCOc1cccc(-c2ccc(C#N)c(=O)n2C)c1. The number of pyridine rings is 1. The second-order valence-electron chi connectivity index (χ2n) is 4.07. The van der Waals surface area contributed by atoms with Gasteiger partial charge in [-0.15, -0.1) is 0 Å². The fraction of sp³-hybridized carbons (Fsp3) is 0.200. The summed E-state index contributed by atoms with van der Waals surface area (Å²) in [6, 6.07) is 12.7. The van der Waals surface area contributed by atoms with Gasteiger partial charge in [-0.3, -0.25) is 4.79 Å². The topological polar surface area (TPSA) is 55.0 Å². The van der Waals surface area contributed by atoms with Gasteiger partial charge in [-0.1, -0.05) is 12.1 Å². The van der Waals surface area contributed by atoms with Crippen LogP contribution in [0, 0.1) is 11.3 Å². The summed E-state index contributed by atoms with van der Waals surface area (Å²) in [4.78, 5) is 11.9. The van der Waals surface area contributed by atoms with Gasteiger partial charge < -0.3 is 9.30 Å². The van der Waals surface area contributed by atoms with Crippen molar-refractivity contribution in [1.29, 1.82) is 5.26 Å². The fourth-order valence-electron chi connectivity index (χ4n) is 1.92. The zero-order chi connectivity index (χ0) is 13.8. The summed E-state index contributed by atoms with van der Waals surface area (Å²) in [6.07, 6.45) is 0. The van der Waals surface area contributed by atoms with Crippen LogP contribution in [0.3, 0.4) is 0 Å². The highest BCUT2D eigenvalue weighted by molar-refractivity contribution is 5.62. The number of hydrogen-bond donors (Lipinski definition) is 0. The van der Waals surface area contributed by atoms with Crippen LogP contribution in [0.1, 0.15) is 12.5 Å². The predicted octanol–water partition coefficient (Wildman–Crippen LogP) is 2.32. The maximum Gasteiger partial charge on any atom is 0.268 e. The summed E-state index contributed by atoms with van der Waals surface area (Å²) >= 11 is 0. The lowest BCUT2D eigenvalue weighted by molar-refractivity contribution is 0.340. The first-order chi connectivity index (χ1) is 9.17. The van der Waals surface area contributed by atoms with Gasteiger partial charge in [0, 0.05) is 12.6 Å². The molecule has 0 saturated heterocycles. The van der Waals surface area contributed by atoms with E-state index in [1.54, 1.807) is 19.2 Å². The van der Waals surface area contributed by atoms with Gasteiger partial charge >= 0.3 is 0 Å². The van der Waals surface area contributed by atoms with E-state index in [1.807, 2.05) is 37.3 Å². The van der Waals surface area contributed by atoms with E-state index < -0.39 is 0 Å². The molecule has 19 heavy (non-hydrogen) atoms. The smallest absolute Gasteiger partial charge is 0.268 e. The molecule has 96 valence electrons. The van der Waals surface area contributed by atoms with Crippen LogP contribution in [0.4, 0.5) is 0 Å². The summed E-state index contributed by atoms with van der Waals surface area (Å²) in [7, 11) is 1.66. The summed E-state index contributed by atoms with van der Waals surface area (Å²) in [6.45, 7) is 2.51. The quantitative estimate of drug-likeness (QED) is 0.844. The van der Waals surface area contributed by atoms with Crippen LogP contribution >= 0.6 is 0 Å². The van der Waals surface area contributed by atoms with E-state index in [0.29, 0.717) is 6.61 Å². The van der Waals surface area contributed by atoms with Crippen molar-refractivity contribution >= 4 is 0 Å². The van der Waals surface area contributed by atoms with Crippen molar-refractivity contribution in [3.05, 3.63) is 52.3 Å². The molecule has 2 rings (SSSR count). The Hall–Kier alpha value is -2.54. The Morgan fingerprint density at radius 3 is 2.79 bits per heavy atom. The summed E-state index contributed by atoms with van der Waals surface area (Å²) in [5.74, 6) is 0.761. The molecular formula is C15H14N2O2. The molecule has 0 radical (unpaired) electrons. The van der Waals surface area contributed by atoms with Gasteiger partial charge in [-0.2, -0.15) is 5.26 Å². The number of aromatic nitrogens is 1. The number of benzene rings is 1. The molecule has 0 bridgehead atoms. The van der Waals surface area contributed by atoms with Crippen molar-refractivity contribution in [2.75, 3.05) is 6.61 Å². The van der Waals surface area contributed by atoms with E-state index in [4.69, 9.17) is 10.00 Å². The largest absolute Gasteiger partial charge is 0.494 e. The van der Waals surface area contributed by atoms with Crippen LogP contribution in [0.15, 0.2) is 41.2 Å². The number of nitrogens with zero attached hydrogens (tertiary/aromatic N) is 2. The average molecular weight is 254 g/mol. The second-order valence-corrected chi connectivity index (χ2v) is 4.07. The van der Waals surface area contributed by atoms with E-state index >= 15 is 0 Å². The van der Waals surface area contributed by atoms with Gasteiger partial charge in [0.05, 0.1) is 12.3 Å². The molecule has 2 aromatic rings. The Balaban J connectivity index is 2.54. The normalized spacial score (nSPS) is 9.95. The lowest BCUT2D eigenvalue weighted by Crippen LogP contribution is -2.20. The van der Waals surface area contributed by atoms with Gasteiger partial charge in [0.15, 0.2) is 0 Å². The first-order valence-corrected chi connectivity index (χ1v) is 6.00. The number of rotatable bonds is 3. The minimum absolute atomic E-state index is 0.146.